The van der Waals surface area contributed by atoms with Crippen LogP contribution in [0.25, 0.3) is 0 Å². The molecular weight excluding hydrogens is 742 g/mol. The van der Waals surface area contributed by atoms with E-state index in [-0.39, 0.29) is 28.8 Å². The summed E-state index contributed by atoms with van der Waals surface area (Å²) >= 11 is 0. The third-order valence-electron chi connectivity index (χ3n) is 8.34. The number of hydrogen-bond acceptors (Lipinski definition) is 14. The molecule has 2 heterocycles. The molecule has 0 unspecified atom stereocenters. The SMILES string of the molecule is COC(=O)[C@@H](Cc1cn([C@@H]2O[C@H](COC(=O)c3ccccc3)[C@@H](OC(=O)c3ccccc3)[C@H](OC(=O)c3ccccc3)[C@H]2NC(C)=O)nn1)NC(=O)OC(C)(C)C. The summed E-state index contributed by atoms with van der Waals surface area (Å²) in [6.07, 6.45) is -5.37. The number of carbonyl (C=O) groups is 6. The fourth-order valence-electron chi connectivity index (χ4n) is 5.82. The Morgan fingerprint density at radius 3 is 1.82 bits per heavy atom. The highest BCUT2D eigenvalue weighted by molar-refractivity contribution is 5.91. The van der Waals surface area contributed by atoms with Crippen molar-refractivity contribution in [2.24, 2.45) is 0 Å². The summed E-state index contributed by atoms with van der Waals surface area (Å²) in [5, 5.41) is 13.6. The maximum Gasteiger partial charge on any atom is 0.408 e. The maximum absolute atomic E-state index is 13.7. The summed E-state index contributed by atoms with van der Waals surface area (Å²) in [4.78, 5) is 78.6. The zero-order chi connectivity index (χ0) is 41.1. The first-order valence-corrected chi connectivity index (χ1v) is 17.9. The van der Waals surface area contributed by atoms with Gasteiger partial charge in [0, 0.05) is 13.3 Å². The lowest BCUT2D eigenvalue weighted by atomic mass is 9.94. The number of methoxy groups -OCH3 is 1. The highest BCUT2D eigenvalue weighted by Gasteiger charge is 2.52. The number of carbonyl (C=O) groups excluding carboxylic acids is 6. The highest BCUT2D eigenvalue weighted by atomic mass is 16.6. The van der Waals surface area contributed by atoms with Crippen LogP contribution >= 0.6 is 0 Å². The Balaban J connectivity index is 1.54. The van der Waals surface area contributed by atoms with Crippen molar-refractivity contribution in [1.82, 2.24) is 25.6 Å². The molecule has 1 aromatic heterocycles. The molecule has 0 bridgehead atoms. The summed E-state index contributed by atoms with van der Waals surface area (Å²) in [7, 11) is 1.15. The van der Waals surface area contributed by atoms with Gasteiger partial charge in [0.05, 0.1) is 35.7 Å². The molecule has 17 nitrogen and oxygen atoms in total. The summed E-state index contributed by atoms with van der Waals surface area (Å²) < 4.78 is 35.6. The number of nitrogens with zero attached hydrogens (tertiary/aromatic N) is 3. The van der Waals surface area contributed by atoms with E-state index in [1.807, 2.05) is 0 Å². The van der Waals surface area contributed by atoms with Crippen LogP contribution in [0, 0.1) is 0 Å². The van der Waals surface area contributed by atoms with Gasteiger partial charge in [-0.15, -0.1) is 5.10 Å². The van der Waals surface area contributed by atoms with Crippen LogP contribution in [0.2, 0.25) is 0 Å². The van der Waals surface area contributed by atoms with Gasteiger partial charge in [0.15, 0.2) is 18.4 Å². The second-order valence-electron chi connectivity index (χ2n) is 13.8. The van der Waals surface area contributed by atoms with Gasteiger partial charge in [-0.25, -0.2) is 28.7 Å². The van der Waals surface area contributed by atoms with Crippen LogP contribution in [0.15, 0.2) is 97.2 Å². The van der Waals surface area contributed by atoms with E-state index < -0.39 is 84.7 Å². The van der Waals surface area contributed by atoms with E-state index in [0.29, 0.717) is 0 Å². The Labute approximate surface area is 327 Å². The minimum absolute atomic E-state index is 0.150. The van der Waals surface area contributed by atoms with Crippen molar-refractivity contribution in [3.8, 4) is 0 Å². The van der Waals surface area contributed by atoms with E-state index in [0.717, 1.165) is 7.11 Å². The second-order valence-corrected chi connectivity index (χ2v) is 13.8. The molecule has 1 aliphatic heterocycles. The molecule has 2 N–H and O–H groups in total. The van der Waals surface area contributed by atoms with Crippen LogP contribution in [0.5, 0.6) is 0 Å². The third kappa shape index (κ3) is 11.5. The number of esters is 4. The molecule has 0 spiro atoms. The largest absolute Gasteiger partial charge is 0.467 e. The summed E-state index contributed by atoms with van der Waals surface area (Å²) in [6, 6.07) is 21.6. The van der Waals surface area contributed by atoms with Crippen LogP contribution < -0.4 is 10.6 Å². The van der Waals surface area contributed by atoms with Crippen LogP contribution in [0.3, 0.4) is 0 Å². The molecule has 300 valence electrons. The Kier molecular flexibility index (Phi) is 13.7. The smallest absolute Gasteiger partial charge is 0.408 e. The minimum atomic E-state index is -1.49. The van der Waals surface area contributed by atoms with E-state index in [9.17, 15) is 28.8 Å². The molecule has 0 aliphatic carbocycles. The van der Waals surface area contributed by atoms with Gasteiger partial charge in [0.25, 0.3) is 0 Å². The number of nitrogens with one attached hydrogen (secondary N) is 2. The van der Waals surface area contributed by atoms with Crippen molar-refractivity contribution in [1.29, 1.82) is 0 Å². The van der Waals surface area contributed by atoms with Crippen molar-refractivity contribution in [2.45, 2.75) is 76.3 Å². The van der Waals surface area contributed by atoms with Gasteiger partial charge in [-0.1, -0.05) is 59.8 Å². The molecule has 4 aromatic rings. The Morgan fingerprint density at radius 1 is 0.789 bits per heavy atom. The quantitative estimate of drug-likeness (QED) is 0.147. The van der Waals surface area contributed by atoms with Crippen molar-refractivity contribution in [3.63, 3.8) is 0 Å². The number of aromatic nitrogens is 3. The Morgan fingerprint density at radius 2 is 1.32 bits per heavy atom. The lowest BCUT2D eigenvalue weighted by Gasteiger charge is -2.45. The molecule has 0 radical (unpaired) electrons. The third-order valence-corrected chi connectivity index (χ3v) is 8.34. The average molecular weight is 786 g/mol. The second kappa shape index (κ2) is 18.8. The number of rotatable bonds is 13. The summed E-state index contributed by atoms with van der Waals surface area (Å²) in [6.45, 7) is 5.69. The molecule has 17 heteroatoms. The van der Waals surface area contributed by atoms with Crippen molar-refractivity contribution >= 4 is 35.9 Å². The minimum Gasteiger partial charge on any atom is -0.467 e. The van der Waals surface area contributed by atoms with Gasteiger partial charge >= 0.3 is 30.0 Å². The molecular formula is C40H43N5O12. The van der Waals surface area contributed by atoms with Gasteiger partial charge in [-0.05, 0) is 57.2 Å². The first-order chi connectivity index (χ1) is 27.2. The topological polar surface area (TPSA) is 213 Å². The van der Waals surface area contributed by atoms with Crippen LogP contribution in [0.4, 0.5) is 4.79 Å². The van der Waals surface area contributed by atoms with Gasteiger partial charge < -0.3 is 39.1 Å². The molecule has 3 aromatic carbocycles. The first kappa shape index (κ1) is 41.5. The van der Waals surface area contributed by atoms with Crippen LogP contribution in [-0.4, -0.2) is 101 Å². The number of amides is 2. The highest BCUT2D eigenvalue weighted by Crippen LogP contribution is 2.33. The molecule has 0 saturated carbocycles. The molecule has 5 rings (SSSR count). The van der Waals surface area contributed by atoms with E-state index in [1.54, 1.807) is 87.5 Å². The van der Waals surface area contributed by atoms with Crippen LogP contribution in [0.1, 0.15) is 70.7 Å². The van der Waals surface area contributed by atoms with E-state index in [2.05, 4.69) is 20.9 Å². The zero-order valence-electron chi connectivity index (χ0n) is 31.9. The summed E-state index contributed by atoms with van der Waals surface area (Å²) in [5.41, 5.74) is -0.160. The average Bonchev–Trinajstić information content (AvgIpc) is 3.66. The lowest BCUT2D eigenvalue weighted by molar-refractivity contribution is -0.219. The van der Waals surface area contributed by atoms with Gasteiger partial charge in [-0.2, -0.15) is 0 Å². The molecule has 2 amide bonds. The van der Waals surface area contributed by atoms with E-state index in [1.165, 1.54) is 42.1 Å². The molecule has 1 fully saturated rings. The van der Waals surface area contributed by atoms with E-state index >= 15 is 0 Å². The van der Waals surface area contributed by atoms with E-state index in [4.69, 9.17) is 28.4 Å². The fourth-order valence-corrected chi connectivity index (χ4v) is 5.82. The van der Waals surface area contributed by atoms with Crippen molar-refractivity contribution < 1.29 is 57.2 Å². The predicted octanol–water partition coefficient (Wildman–Crippen LogP) is 3.60. The summed E-state index contributed by atoms with van der Waals surface area (Å²) in [5.74, 6) is -3.74. The molecule has 1 aliphatic rings. The molecule has 1 saturated heterocycles. The number of hydrogen-bond donors (Lipinski definition) is 2. The number of alkyl carbamates (subject to hydrolysis) is 1. The molecule has 57 heavy (non-hydrogen) atoms. The van der Waals surface area contributed by atoms with Gasteiger partial charge in [-0.3, -0.25) is 4.79 Å². The fraction of sp³-hybridized carbons (Fsp3) is 0.350. The Hall–Kier alpha value is -6.62. The standard InChI is InChI=1S/C40H43N5O12/c1-24(46)41-31-33(56-37(49)27-19-13-8-14-20-27)32(55-36(48)26-17-11-7-12-18-26)30(23-53-35(47)25-15-9-6-10-16-25)54-34(31)45-22-28(43-44-45)21-29(38(50)52-5)42-39(51)57-40(2,3)4/h6-20,22,29-34H,21,23H2,1-5H3,(H,41,46)(H,42,51)/t29-,30-,31-,32-,33-,34-/m1/s1. The van der Waals surface area contributed by atoms with Gasteiger partial charge in [0.2, 0.25) is 5.91 Å². The number of benzene rings is 3. The van der Waals surface area contributed by atoms with Crippen molar-refractivity contribution in [3.05, 3.63) is 120 Å². The van der Waals surface area contributed by atoms with Gasteiger partial charge in [0.1, 0.15) is 30.4 Å². The zero-order valence-corrected chi connectivity index (χ0v) is 31.9. The monoisotopic (exact) mass is 785 g/mol. The normalized spacial score (nSPS) is 19.6. The first-order valence-electron chi connectivity index (χ1n) is 17.9. The van der Waals surface area contributed by atoms with Crippen molar-refractivity contribution in [2.75, 3.05) is 13.7 Å². The number of ether oxygens (including phenoxy) is 6. The van der Waals surface area contributed by atoms with Crippen LogP contribution in [-0.2, 0) is 44.4 Å². The lowest BCUT2D eigenvalue weighted by Crippen LogP contribution is -2.64. The predicted molar refractivity (Wildman–Crippen MR) is 198 cm³/mol. The molecule has 6 atom stereocenters. The maximum atomic E-state index is 13.7. The Bertz CT molecular complexity index is 2020.